The van der Waals surface area contributed by atoms with Gasteiger partial charge in [0.25, 0.3) is 0 Å². The van der Waals surface area contributed by atoms with E-state index in [4.69, 9.17) is 4.98 Å². The van der Waals surface area contributed by atoms with Gasteiger partial charge >= 0.3 is 0 Å². The lowest BCUT2D eigenvalue weighted by molar-refractivity contribution is 0.607. The monoisotopic (exact) mass is 538 g/mol. The van der Waals surface area contributed by atoms with Crippen molar-refractivity contribution in [1.82, 2.24) is 9.55 Å². The largest absolute Gasteiger partial charge is 0.321 e. The Hall–Kier alpha value is -5.21. The Bertz CT molecular complexity index is 2110. The van der Waals surface area contributed by atoms with Gasteiger partial charge in [0.05, 0.1) is 17.1 Å². The fourth-order valence-corrected chi connectivity index (χ4v) is 6.76. The molecular formula is C40H30N2. The summed E-state index contributed by atoms with van der Waals surface area (Å²) in [6.45, 7) is 2.11. The predicted molar refractivity (Wildman–Crippen MR) is 178 cm³/mol. The lowest BCUT2D eigenvalue weighted by Gasteiger charge is -2.18. The van der Waals surface area contributed by atoms with Crippen LogP contribution in [-0.4, -0.2) is 9.55 Å². The van der Waals surface area contributed by atoms with E-state index < -0.39 is 0 Å². The van der Waals surface area contributed by atoms with Gasteiger partial charge in [-0.05, 0) is 80.4 Å². The number of imidazole rings is 1. The molecule has 0 amide bonds. The maximum absolute atomic E-state index is 4.87. The minimum Gasteiger partial charge on any atom is -0.321 e. The summed E-state index contributed by atoms with van der Waals surface area (Å²) in [5, 5.41) is 5.11. The van der Waals surface area contributed by atoms with Crippen LogP contribution in [0.1, 0.15) is 18.3 Å². The van der Waals surface area contributed by atoms with Crippen LogP contribution < -0.4 is 0 Å². The van der Waals surface area contributed by atoms with E-state index in [9.17, 15) is 0 Å². The Morgan fingerprint density at radius 1 is 0.571 bits per heavy atom. The zero-order valence-corrected chi connectivity index (χ0v) is 23.5. The average Bonchev–Trinajstić information content (AvgIpc) is 3.39. The Kier molecular flexibility index (Phi) is 5.86. The molecule has 0 fully saturated rings. The van der Waals surface area contributed by atoms with Crippen molar-refractivity contribution in [2.24, 2.45) is 0 Å². The molecule has 7 aromatic rings. The summed E-state index contributed by atoms with van der Waals surface area (Å²) in [6, 6.07) is 44.5. The number of nitrogens with zero attached hydrogens (tertiary/aromatic N) is 2. The zero-order valence-electron chi connectivity index (χ0n) is 23.5. The number of hydrogen-bond acceptors (Lipinski definition) is 1. The molecule has 8 rings (SSSR count). The van der Waals surface area contributed by atoms with Gasteiger partial charge in [0.2, 0.25) is 0 Å². The van der Waals surface area contributed by atoms with Gasteiger partial charge in [0.1, 0.15) is 5.82 Å². The standard InChI is InChI=1S/C40H30N2/c1-27-41-37-25-24-31(26-38(37)42(27)32-14-6-3-7-15-32)28-20-22-30(23-21-28)40-35-18-10-8-16-33(35)39(29-12-4-2-5-13-29)34-17-9-11-19-36(34)40/h2-14,16-26,32H,15H2,1H3. The SMILES string of the molecule is Cc1nc2ccc(-c3ccc(-c4c5ccccc5c(-c5ccccc5)c5ccccc45)cc3)cc2n1C1C=CC=CC1. The molecule has 1 heterocycles. The van der Waals surface area contributed by atoms with Gasteiger partial charge in [-0.3, -0.25) is 0 Å². The first-order valence-electron chi connectivity index (χ1n) is 14.7. The van der Waals surface area contributed by atoms with Crippen molar-refractivity contribution in [3.63, 3.8) is 0 Å². The molecule has 0 N–H and O–H groups in total. The molecule has 0 saturated heterocycles. The Morgan fingerprint density at radius 2 is 1.12 bits per heavy atom. The zero-order chi connectivity index (χ0) is 28.0. The molecule has 0 aliphatic heterocycles. The summed E-state index contributed by atoms with van der Waals surface area (Å²) in [7, 11) is 0. The fraction of sp³-hybridized carbons (Fsp3) is 0.0750. The molecule has 0 spiro atoms. The minimum absolute atomic E-state index is 0.304. The third-order valence-electron chi connectivity index (χ3n) is 8.66. The van der Waals surface area contributed by atoms with Crippen LogP contribution in [0.15, 0.2) is 146 Å². The maximum atomic E-state index is 4.87. The normalized spacial score (nSPS) is 14.7. The Balaban J connectivity index is 1.27. The molecule has 42 heavy (non-hydrogen) atoms. The van der Waals surface area contributed by atoms with Crippen molar-refractivity contribution in [2.45, 2.75) is 19.4 Å². The van der Waals surface area contributed by atoms with Gasteiger partial charge in [-0.15, -0.1) is 0 Å². The number of aromatic nitrogens is 2. The van der Waals surface area contributed by atoms with Gasteiger partial charge in [-0.25, -0.2) is 4.98 Å². The van der Waals surface area contributed by atoms with Crippen LogP contribution in [0, 0.1) is 6.92 Å². The molecule has 0 saturated carbocycles. The molecule has 1 unspecified atom stereocenters. The van der Waals surface area contributed by atoms with E-state index in [0.717, 1.165) is 17.8 Å². The summed E-state index contributed by atoms with van der Waals surface area (Å²) in [4.78, 5) is 4.87. The molecule has 200 valence electrons. The van der Waals surface area contributed by atoms with Crippen LogP contribution in [0.4, 0.5) is 0 Å². The first kappa shape index (κ1) is 24.6. The van der Waals surface area contributed by atoms with Crippen molar-refractivity contribution >= 4 is 32.6 Å². The van der Waals surface area contributed by atoms with Gasteiger partial charge in [-0.1, -0.05) is 133 Å². The minimum atomic E-state index is 0.304. The third kappa shape index (κ3) is 3.99. The fourth-order valence-electron chi connectivity index (χ4n) is 6.76. The van der Waals surface area contributed by atoms with Gasteiger partial charge in [0, 0.05) is 0 Å². The Morgan fingerprint density at radius 3 is 1.71 bits per heavy atom. The third-order valence-corrected chi connectivity index (χ3v) is 8.66. The van der Waals surface area contributed by atoms with Crippen molar-refractivity contribution in [3.05, 3.63) is 151 Å². The molecule has 2 nitrogen and oxygen atoms in total. The summed E-state index contributed by atoms with van der Waals surface area (Å²) in [5.41, 5.74) is 9.71. The highest BCUT2D eigenvalue weighted by molar-refractivity contribution is 6.21. The van der Waals surface area contributed by atoms with Crippen LogP contribution in [0.5, 0.6) is 0 Å². The first-order chi connectivity index (χ1) is 20.8. The van der Waals surface area contributed by atoms with Gasteiger partial charge in [-0.2, -0.15) is 0 Å². The van der Waals surface area contributed by atoms with Crippen molar-refractivity contribution in [1.29, 1.82) is 0 Å². The number of aryl methyl sites for hydroxylation is 1. The quantitative estimate of drug-likeness (QED) is 0.204. The second-order valence-electron chi connectivity index (χ2n) is 11.1. The van der Waals surface area contributed by atoms with Crippen LogP contribution in [-0.2, 0) is 0 Å². The molecule has 1 aliphatic rings. The maximum Gasteiger partial charge on any atom is 0.107 e. The Labute approximate surface area is 245 Å². The van der Waals surface area contributed by atoms with Crippen LogP contribution >= 0.6 is 0 Å². The van der Waals surface area contributed by atoms with E-state index in [0.29, 0.717) is 6.04 Å². The van der Waals surface area contributed by atoms with Crippen LogP contribution in [0.25, 0.3) is 66.0 Å². The van der Waals surface area contributed by atoms with E-state index in [1.807, 2.05) is 0 Å². The van der Waals surface area contributed by atoms with E-state index in [1.165, 1.54) is 60.4 Å². The summed E-state index contributed by atoms with van der Waals surface area (Å²) in [6.07, 6.45) is 9.76. The van der Waals surface area contributed by atoms with Crippen molar-refractivity contribution < 1.29 is 0 Å². The number of allylic oxidation sites excluding steroid dienone is 4. The van der Waals surface area contributed by atoms with Gasteiger partial charge in [0.15, 0.2) is 0 Å². The second-order valence-corrected chi connectivity index (χ2v) is 11.1. The molecule has 6 aromatic carbocycles. The van der Waals surface area contributed by atoms with Crippen molar-refractivity contribution in [2.75, 3.05) is 0 Å². The van der Waals surface area contributed by atoms with E-state index in [-0.39, 0.29) is 0 Å². The molecule has 1 atom stereocenters. The lowest BCUT2D eigenvalue weighted by Crippen LogP contribution is -2.08. The predicted octanol–water partition coefficient (Wildman–Crippen LogP) is 10.7. The topological polar surface area (TPSA) is 17.8 Å². The van der Waals surface area contributed by atoms with Crippen molar-refractivity contribution in [3.8, 4) is 33.4 Å². The number of rotatable bonds is 4. The molecule has 2 heteroatoms. The van der Waals surface area contributed by atoms with E-state index >= 15 is 0 Å². The highest BCUT2D eigenvalue weighted by atomic mass is 15.1. The second kappa shape index (κ2) is 10.0. The number of hydrogen-bond donors (Lipinski definition) is 0. The van der Waals surface area contributed by atoms with Crippen LogP contribution in [0.2, 0.25) is 0 Å². The summed E-state index contributed by atoms with van der Waals surface area (Å²) in [5.74, 6) is 1.06. The number of fused-ring (bicyclic) bond motifs is 3. The summed E-state index contributed by atoms with van der Waals surface area (Å²) < 4.78 is 2.37. The van der Waals surface area contributed by atoms with Gasteiger partial charge < -0.3 is 4.57 Å². The molecule has 1 aromatic heterocycles. The highest BCUT2D eigenvalue weighted by Gasteiger charge is 2.18. The lowest BCUT2D eigenvalue weighted by atomic mass is 9.86. The molecule has 0 radical (unpaired) electrons. The molecular weight excluding hydrogens is 508 g/mol. The van der Waals surface area contributed by atoms with E-state index in [2.05, 4.69) is 157 Å². The first-order valence-corrected chi connectivity index (χ1v) is 14.7. The molecule has 0 bridgehead atoms. The molecule has 1 aliphatic carbocycles. The smallest absolute Gasteiger partial charge is 0.107 e. The highest BCUT2D eigenvalue weighted by Crippen LogP contribution is 2.43. The number of benzene rings is 6. The van der Waals surface area contributed by atoms with Crippen LogP contribution in [0.3, 0.4) is 0 Å². The summed E-state index contributed by atoms with van der Waals surface area (Å²) >= 11 is 0. The average molecular weight is 539 g/mol. The van der Waals surface area contributed by atoms with E-state index in [1.54, 1.807) is 0 Å².